The quantitative estimate of drug-likeness (QED) is 0.876. The second-order valence-electron chi connectivity index (χ2n) is 5.48. The van der Waals surface area contributed by atoms with E-state index in [1.807, 2.05) is 19.9 Å². The van der Waals surface area contributed by atoms with Crippen LogP contribution < -0.4 is 0 Å². The number of hydrogen-bond donors (Lipinski definition) is 2. The zero-order chi connectivity index (χ0) is 14.1. The van der Waals surface area contributed by atoms with E-state index in [9.17, 15) is 5.11 Å². The van der Waals surface area contributed by atoms with Crippen molar-refractivity contribution >= 4 is 11.3 Å². The lowest BCUT2D eigenvalue weighted by atomic mass is 10.0. The zero-order valence-corrected chi connectivity index (χ0v) is 12.5. The molecule has 7 heteroatoms. The van der Waals surface area contributed by atoms with Gasteiger partial charge in [0.2, 0.25) is 0 Å². The number of likely N-dealkylation sites (tertiary alicyclic amines) is 1. The molecule has 0 aromatic carbocycles. The Morgan fingerprint density at radius 1 is 1.40 bits per heavy atom. The molecule has 3 rings (SSSR count). The topological polar surface area (TPSA) is 77.9 Å². The first-order chi connectivity index (χ1) is 9.60. The highest BCUT2D eigenvalue weighted by Crippen LogP contribution is 2.23. The SMILES string of the molecule is Cc1cc(C[C@@H]2CN(Cc3nnc(C)s3)C[C@@H]2O)n[nH]1. The predicted octanol–water partition coefficient (Wildman–Crippen LogP) is 0.913. The first-order valence-electron chi connectivity index (χ1n) is 6.80. The number of aromatic nitrogens is 4. The van der Waals surface area contributed by atoms with Gasteiger partial charge in [-0.05, 0) is 26.3 Å². The third-order valence-electron chi connectivity index (χ3n) is 3.64. The van der Waals surface area contributed by atoms with E-state index in [4.69, 9.17) is 0 Å². The van der Waals surface area contributed by atoms with Gasteiger partial charge in [-0.2, -0.15) is 5.10 Å². The summed E-state index contributed by atoms with van der Waals surface area (Å²) in [7, 11) is 0. The minimum atomic E-state index is -0.291. The summed E-state index contributed by atoms with van der Waals surface area (Å²) in [6, 6.07) is 2.05. The van der Waals surface area contributed by atoms with Crippen molar-refractivity contribution in [3.63, 3.8) is 0 Å². The third kappa shape index (κ3) is 3.05. The molecule has 0 spiro atoms. The van der Waals surface area contributed by atoms with Crippen molar-refractivity contribution in [1.29, 1.82) is 0 Å². The number of aliphatic hydroxyl groups is 1. The van der Waals surface area contributed by atoms with Crippen LogP contribution in [0.25, 0.3) is 0 Å². The molecule has 0 bridgehead atoms. The molecule has 2 aromatic heterocycles. The molecule has 6 nitrogen and oxygen atoms in total. The molecule has 2 atom stereocenters. The van der Waals surface area contributed by atoms with Crippen LogP contribution in [0.15, 0.2) is 6.07 Å². The standard InChI is InChI=1S/C13H19N5OS/c1-8-3-11(16-14-8)4-10-5-18(6-12(10)19)7-13-17-15-9(2)20-13/h3,10,12,19H,4-7H2,1-2H3,(H,14,16)/t10-,12+/m1/s1. The summed E-state index contributed by atoms with van der Waals surface area (Å²) in [6.45, 7) is 6.31. The molecule has 0 amide bonds. The van der Waals surface area contributed by atoms with Gasteiger partial charge < -0.3 is 5.11 Å². The Kier molecular flexibility index (Phi) is 3.82. The first kappa shape index (κ1) is 13.7. The Bertz CT molecular complexity index is 581. The van der Waals surface area contributed by atoms with Gasteiger partial charge in [0.15, 0.2) is 0 Å². The molecule has 2 N–H and O–H groups in total. The van der Waals surface area contributed by atoms with Gasteiger partial charge in [-0.3, -0.25) is 10.00 Å². The minimum Gasteiger partial charge on any atom is -0.391 e. The van der Waals surface area contributed by atoms with Crippen molar-refractivity contribution in [2.75, 3.05) is 13.1 Å². The van der Waals surface area contributed by atoms with Crippen LogP contribution in [0.5, 0.6) is 0 Å². The van der Waals surface area contributed by atoms with Crippen LogP contribution in [0.4, 0.5) is 0 Å². The molecule has 1 saturated heterocycles. The van der Waals surface area contributed by atoms with Crippen LogP contribution in [-0.2, 0) is 13.0 Å². The average molecular weight is 293 g/mol. The van der Waals surface area contributed by atoms with E-state index in [1.165, 1.54) is 0 Å². The number of nitrogens with zero attached hydrogens (tertiary/aromatic N) is 4. The van der Waals surface area contributed by atoms with E-state index in [0.29, 0.717) is 6.54 Å². The Labute approximate surface area is 121 Å². The molecule has 0 saturated carbocycles. The number of rotatable bonds is 4. The smallest absolute Gasteiger partial charge is 0.131 e. The summed E-state index contributed by atoms with van der Waals surface area (Å²) in [5.74, 6) is 0.242. The number of H-pyrrole nitrogens is 1. The number of nitrogens with one attached hydrogen (secondary N) is 1. The Balaban J connectivity index is 1.59. The van der Waals surface area contributed by atoms with Crippen LogP contribution in [0.1, 0.15) is 21.4 Å². The van der Waals surface area contributed by atoms with E-state index in [2.05, 4.69) is 25.3 Å². The lowest BCUT2D eigenvalue weighted by molar-refractivity contribution is 0.140. The molecule has 2 aromatic rings. The van der Waals surface area contributed by atoms with Crippen LogP contribution in [0.3, 0.4) is 0 Å². The van der Waals surface area contributed by atoms with Crippen molar-refractivity contribution in [2.45, 2.75) is 32.9 Å². The van der Waals surface area contributed by atoms with Gasteiger partial charge >= 0.3 is 0 Å². The van der Waals surface area contributed by atoms with Gasteiger partial charge in [-0.15, -0.1) is 21.5 Å². The second kappa shape index (κ2) is 5.59. The van der Waals surface area contributed by atoms with Crippen molar-refractivity contribution < 1.29 is 5.11 Å². The molecule has 1 aliphatic heterocycles. The Morgan fingerprint density at radius 2 is 2.25 bits per heavy atom. The van der Waals surface area contributed by atoms with Gasteiger partial charge in [-0.1, -0.05) is 0 Å². The van der Waals surface area contributed by atoms with Crippen LogP contribution >= 0.6 is 11.3 Å². The van der Waals surface area contributed by atoms with E-state index < -0.39 is 0 Å². The number of hydrogen-bond acceptors (Lipinski definition) is 6. The first-order valence-corrected chi connectivity index (χ1v) is 7.62. The molecule has 1 fully saturated rings. The maximum Gasteiger partial charge on any atom is 0.131 e. The molecule has 3 heterocycles. The van der Waals surface area contributed by atoms with Crippen LogP contribution in [0.2, 0.25) is 0 Å². The molecule has 0 unspecified atom stereocenters. The molecule has 0 radical (unpaired) electrons. The summed E-state index contributed by atoms with van der Waals surface area (Å²) in [5.41, 5.74) is 2.09. The molecule has 1 aliphatic rings. The average Bonchev–Trinajstić information content (AvgIpc) is 3.05. The van der Waals surface area contributed by atoms with Gasteiger partial charge in [-0.25, -0.2) is 0 Å². The van der Waals surface area contributed by atoms with Crippen LogP contribution in [-0.4, -0.2) is 49.6 Å². The lowest BCUT2D eigenvalue weighted by Gasteiger charge is -2.12. The van der Waals surface area contributed by atoms with Crippen molar-refractivity contribution in [3.8, 4) is 0 Å². The fourth-order valence-electron chi connectivity index (χ4n) is 2.71. The normalized spacial score (nSPS) is 23.6. The monoisotopic (exact) mass is 293 g/mol. The number of aromatic amines is 1. The number of aryl methyl sites for hydroxylation is 2. The van der Waals surface area contributed by atoms with Gasteiger partial charge in [0.05, 0.1) is 18.3 Å². The van der Waals surface area contributed by atoms with Crippen molar-refractivity contribution in [1.82, 2.24) is 25.3 Å². The van der Waals surface area contributed by atoms with Gasteiger partial charge in [0.25, 0.3) is 0 Å². The zero-order valence-electron chi connectivity index (χ0n) is 11.7. The highest BCUT2D eigenvalue weighted by atomic mass is 32.1. The lowest BCUT2D eigenvalue weighted by Crippen LogP contribution is -2.21. The summed E-state index contributed by atoms with van der Waals surface area (Å²) in [5, 5.41) is 27.6. The number of aliphatic hydroxyl groups excluding tert-OH is 1. The Hall–Kier alpha value is -1.31. The maximum atomic E-state index is 10.2. The van der Waals surface area contributed by atoms with Crippen molar-refractivity contribution in [3.05, 3.63) is 27.5 Å². The van der Waals surface area contributed by atoms with Gasteiger partial charge in [0.1, 0.15) is 10.0 Å². The van der Waals surface area contributed by atoms with Crippen molar-refractivity contribution in [2.24, 2.45) is 5.92 Å². The Morgan fingerprint density at radius 3 is 2.90 bits per heavy atom. The summed E-state index contributed by atoms with van der Waals surface area (Å²) >= 11 is 1.62. The largest absolute Gasteiger partial charge is 0.391 e. The molecule has 108 valence electrons. The molecular formula is C13H19N5OS. The van der Waals surface area contributed by atoms with E-state index >= 15 is 0 Å². The van der Waals surface area contributed by atoms with Gasteiger partial charge in [0, 0.05) is 24.7 Å². The highest BCUT2D eigenvalue weighted by molar-refractivity contribution is 7.11. The molecular weight excluding hydrogens is 274 g/mol. The minimum absolute atomic E-state index is 0.242. The maximum absolute atomic E-state index is 10.2. The fraction of sp³-hybridized carbons (Fsp3) is 0.615. The summed E-state index contributed by atoms with van der Waals surface area (Å²) < 4.78 is 0. The van der Waals surface area contributed by atoms with E-state index in [-0.39, 0.29) is 12.0 Å². The van der Waals surface area contributed by atoms with E-state index in [1.54, 1.807) is 11.3 Å². The third-order valence-corrected chi connectivity index (χ3v) is 4.46. The second-order valence-corrected chi connectivity index (χ2v) is 6.75. The number of β-amino-alcohol motifs (C(OH)–C–C–N with tert-alkyl or cyclic N) is 1. The summed E-state index contributed by atoms with van der Waals surface area (Å²) in [4.78, 5) is 2.24. The fourth-order valence-corrected chi connectivity index (χ4v) is 3.46. The molecule has 20 heavy (non-hydrogen) atoms. The molecule has 0 aliphatic carbocycles. The predicted molar refractivity (Wildman–Crippen MR) is 76.4 cm³/mol. The highest BCUT2D eigenvalue weighted by Gasteiger charge is 2.32. The summed E-state index contributed by atoms with van der Waals surface area (Å²) in [6.07, 6.45) is 0.526. The van der Waals surface area contributed by atoms with E-state index in [0.717, 1.165) is 40.9 Å². The van der Waals surface area contributed by atoms with Crippen LogP contribution in [0, 0.1) is 19.8 Å².